The molecule has 0 radical (unpaired) electrons. The highest BCUT2D eigenvalue weighted by atomic mass is 16.2. The fourth-order valence-electron chi connectivity index (χ4n) is 3.72. The summed E-state index contributed by atoms with van der Waals surface area (Å²) in [6.45, 7) is 8.32. The van der Waals surface area contributed by atoms with Gasteiger partial charge in [-0.05, 0) is 55.2 Å². The van der Waals surface area contributed by atoms with E-state index in [0.29, 0.717) is 22.9 Å². The number of ketones is 1. The molecule has 4 nitrogen and oxygen atoms in total. The maximum absolute atomic E-state index is 13.1. The lowest BCUT2D eigenvalue weighted by Crippen LogP contribution is -2.26. The van der Waals surface area contributed by atoms with Crippen molar-refractivity contribution in [2.45, 2.75) is 33.6 Å². The Morgan fingerprint density at radius 2 is 1.59 bits per heavy atom. The molecule has 0 unspecified atom stereocenters. The van der Waals surface area contributed by atoms with E-state index in [4.69, 9.17) is 4.99 Å². The van der Waals surface area contributed by atoms with Crippen molar-refractivity contribution in [3.63, 3.8) is 0 Å². The van der Waals surface area contributed by atoms with Crippen LogP contribution in [0.5, 0.6) is 0 Å². The standard InChI is InChI=1S/C28H26N2O2/c1-17(2)20-11-14-25(19(4)15-20)30-26-16-24(27(31)23-8-6-5-7-22(23)26)28(32)29-21-12-9-18(3)10-13-21/h5-17H,1-4H3,(H,29,32). The molecule has 4 heteroatoms. The number of Topliss-reactive ketones (excluding diaryl/α,β-unsaturated/α-hetero) is 1. The highest BCUT2D eigenvalue weighted by Crippen LogP contribution is 2.28. The highest BCUT2D eigenvalue weighted by Gasteiger charge is 2.28. The fraction of sp³-hybridized carbons (Fsp3) is 0.179. The lowest BCUT2D eigenvalue weighted by atomic mass is 9.88. The number of carbonyl (C=O) groups is 2. The van der Waals surface area contributed by atoms with Gasteiger partial charge in [-0.1, -0.05) is 67.9 Å². The lowest BCUT2D eigenvalue weighted by Gasteiger charge is -2.18. The lowest BCUT2D eigenvalue weighted by molar-refractivity contribution is -0.112. The number of hydrogen-bond acceptors (Lipinski definition) is 3. The molecule has 0 aromatic heterocycles. The Kier molecular flexibility index (Phi) is 5.87. The van der Waals surface area contributed by atoms with E-state index in [9.17, 15) is 9.59 Å². The number of amides is 1. The van der Waals surface area contributed by atoms with Crippen LogP contribution in [-0.2, 0) is 4.79 Å². The summed E-state index contributed by atoms with van der Waals surface area (Å²) >= 11 is 0. The summed E-state index contributed by atoms with van der Waals surface area (Å²) in [4.78, 5) is 31.0. The van der Waals surface area contributed by atoms with Crippen molar-refractivity contribution in [3.8, 4) is 0 Å². The first-order chi connectivity index (χ1) is 15.3. The zero-order valence-corrected chi connectivity index (χ0v) is 18.8. The summed E-state index contributed by atoms with van der Waals surface area (Å²) in [5.41, 5.74) is 6.77. The maximum atomic E-state index is 13.1. The summed E-state index contributed by atoms with van der Waals surface area (Å²) < 4.78 is 0. The molecule has 0 spiro atoms. The summed E-state index contributed by atoms with van der Waals surface area (Å²) in [5, 5.41) is 2.83. The third-order valence-corrected chi connectivity index (χ3v) is 5.66. The Morgan fingerprint density at radius 3 is 2.25 bits per heavy atom. The van der Waals surface area contributed by atoms with E-state index in [1.165, 1.54) is 5.56 Å². The van der Waals surface area contributed by atoms with Crippen molar-refractivity contribution >= 4 is 28.8 Å². The van der Waals surface area contributed by atoms with Gasteiger partial charge in [-0.15, -0.1) is 0 Å². The third kappa shape index (κ3) is 4.30. The van der Waals surface area contributed by atoms with Crippen molar-refractivity contribution in [2.24, 2.45) is 4.99 Å². The van der Waals surface area contributed by atoms with Gasteiger partial charge in [-0.25, -0.2) is 4.99 Å². The van der Waals surface area contributed by atoms with Crippen molar-refractivity contribution in [1.82, 2.24) is 0 Å². The molecule has 1 aliphatic rings. The Bertz CT molecular complexity index is 1260. The first kappa shape index (κ1) is 21.4. The number of allylic oxidation sites excluding steroid dienone is 1. The smallest absolute Gasteiger partial charge is 0.259 e. The molecular weight excluding hydrogens is 396 g/mol. The second-order valence-corrected chi connectivity index (χ2v) is 8.45. The molecule has 0 saturated heterocycles. The zero-order valence-electron chi connectivity index (χ0n) is 18.8. The van der Waals surface area contributed by atoms with E-state index in [1.807, 2.05) is 56.3 Å². The van der Waals surface area contributed by atoms with Gasteiger partial charge in [0.2, 0.25) is 0 Å². The summed E-state index contributed by atoms with van der Waals surface area (Å²) in [6.07, 6.45) is 1.60. The van der Waals surface area contributed by atoms with Crippen LogP contribution in [0.15, 0.2) is 83.4 Å². The van der Waals surface area contributed by atoms with Crippen molar-refractivity contribution in [2.75, 3.05) is 5.32 Å². The molecule has 3 aromatic rings. The van der Waals surface area contributed by atoms with Crippen LogP contribution >= 0.6 is 0 Å². The predicted octanol–water partition coefficient (Wildman–Crippen LogP) is 6.31. The number of fused-ring (bicyclic) bond motifs is 1. The molecule has 0 atom stereocenters. The van der Waals surface area contributed by atoms with E-state index in [2.05, 4.69) is 31.3 Å². The van der Waals surface area contributed by atoms with Crippen LogP contribution in [-0.4, -0.2) is 17.4 Å². The van der Waals surface area contributed by atoms with Crippen molar-refractivity contribution < 1.29 is 9.59 Å². The average Bonchev–Trinajstić information content (AvgIpc) is 2.78. The van der Waals surface area contributed by atoms with Gasteiger partial charge in [0.1, 0.15) is 0 Å². The van der Waals surface area contributed by atoms with Crippen molar-refractivity contribution in [1.29, 1.82) is 0 Å². The third-order valence-electron chi connectivity index (χ3n) is 5.66. The number of aryl methyl sites for hydroxylation is 2. The number of nitrogens with zero attached hydrogens (tertiary/aromatic N) is 1. The number of nitrogens with one attached hydrogen (secondary N) is 1. The molecule has 32 heavy (non-hydrogen) atoms. The van der Waals surface area contributed by atoms with E-state index in [-0.39, 0.29) is 11.4 Å². The number of aliphatic imine (C=N–C) groups is 1. The topological polar surface area (TPSA) is 58.5 Å². The number of rotatable bonds is 4. The van der Waals surface area contributed by atoms with Crippen LogP contribution in [0.1, 0.15) is 52.4 Å². The number of carbonyl (C=O) groups excluding carboxylic acids is 2. The fourth-order valence-corrected chi connectivity index (χ4v) is 3.72. The van der Waals surface area contributed by atoms with Gasteiger partial charge in [-0.2, -0.15) is 0 Å². The van der Waals surface area contributed by atoms with Gasteiger partial charge in [0.05, 0.1) is 17.0 Å². The minimum atomic E-state index is -0.437. The molecule has 3 aromatic carbocycles. The molecule has 4 rings (SSSR count). The summed E-state index contributed by atoms with van der Waals surface area (Å²) in [5.74, 6) is -0.302. The number of hydrogen-bond donors (Lipinski definition) is 1. The second kappa shape index (κ2) is 8.75. The van der Waals surface area contributed by atoms with E-state index < -0.39 is 5.91 Å². The Balaban J connectivity index is 1.75. The van der Waals surface area contributed by atoms with Gasteiger partial charge in [-0.3, -0.25) is 9.59 Å². The summed E-state index contributed by atoms with van der Waals surface area (Å²) in [6, 6.07) is 21.0. The predicted molar refractivity (Wildman–Crippen MR) is 130 cm³/mol. The number of benzene rings is 3. The van der Waals surface area contributed by atoms with Crippen molar-refractivity contribution in [3.05, 3.63) is 106 Å². The van der Waals surface area contributed by atoms with Crippen LogP contribution in [0, 0.1) is 13.8 Å². The quantitative estimate of drug-likeness (QED) is 0.501. The number of anilines is 1. The van der Waals surface area contributed by atoms with Crippen LogP contribution in [0.3, 0.4) is 0 Å². The minimum Gasteiger partial charge on any atom is -0.322 e. The molecule has 1 N–H and O–H groups in total. The monoisotopic (exact) mass is 422 g/mol. The van der Waals surface area contributed by atoms with Crippen LogP contribution < -0.4 is 5.32 Å². The zero-order chi connectivity index (χ0) is 22.8. The molecule has 0 aliphatic heterocycles. The normalized spacial score (nSPS) is 14.3. The van der Waals surface area contributed by atoms with Gasteiger partial charge in [0, 0.05) is 16.8 Å². The average molecular weight is 423 g/mol. The van der Waals surface area contributed by atoms with Crippen LogP contribution in [0.4, 0.5) is 11.4 Å². The molecule has 1 amide bonds. The molecule has 0 saturated carbocycles. The molecule has 160 valence electrons. The summed E-state index contributed by atoms with van der Waals surface area (Å²) in [7, 11) is 0. The first-order valence-electron chi connectivity index (χ1n) is 10.8. The van der Waals surface area contributed by atoms with Gasteiger partial charge in [0.15, 0.2) is 5.78 Å². The van der Waals surface area contributed by atoms with Gasteiger partial charge in [0.25, 0.3) is 5.91 Å². The Hall–Kier alpha value is -3.79. The van der Waals surface area contributed by atoms with Gasteiger partial charge >= 0.3 is 0 Å². The first-order valence-corrected chi connectivity index (χ1v) is 10.8. The largest absolute Gasteiger partial charge is 0.322 e. The molecule has 0 heterocycles. The highest BCUT2D eigenvalue weighted by molar-refractivity contribution is 6.37. The van der Waals surface area contributed by atoms with Crippen LogP contribution in [0.25, 0.3) is 0 Å². The molecular formula is C28H26N2O2. The van der Waals surface area contributed by atoms with Gasteiger partial charge < -0.3 is 5.32 Å². The minimum absolute atomic E-state index is 0.0829. The van der Waals surface area contributed by atoms with E-state index in [0.717, 1.165) is 22.4 Å². The van der Waals surface area contributed by atoms with E-state index >= 15 is 0 Å². The Morgan fingerprint density at radius 1 is 0.906 bits per heavy atom. The molecule has 1 aliphatic carbocycles. The van der Waals surface area contributed by atoms with Crippen LogP contribution in [0.2, 0.25) is 0 Å². The Labute approximate surface area is 188 Å². The maximum Gasteiger partial charge on any atom is 0.259 e. The molecule has 0 bridgehead atoms. The molecule has 0 fully saturated rings. The second-order valence-electron chi connectivity index (χ2n) is 8.45. The SMILES string of the molecule is Cc1ccc(NC(=O)C2=CC(=Nc3ccc(C(C)C)cc3C)c3ccccc3C2=O)cc1. The van der Waals surface area contributed by atoms with E-state index in [1.54, 1.807) is 18.2 Å².